The van der Waals surface area contributed by atoms with Crippen LogP contribution in [0.1, 0.15) is 47.0 Å². The zero-order chi connectivity index (χ0) is 12.7. The van der Waals surface area contributed by atoms with Crippen LogP contribution in [0.3, 0.4) is 0 Å². The quantitative estimate of drug-likeness (QED) is 0.723. The lowest BCUT2D eigenvalue weighted by Gasteiger charge is -2.34. The average Bonchev–Trinajstić information content (AvgIpc) is 2.46. The van der Waals surface area contributed by atoms with Crippen molar-refractivity contribution in [3.63, 3.8) is 0 Å². The highest BCUT2D eigenvalue weighted by Gasteiger charge is 2.29. The Hall–Kier alpha value is -0.120. The summed E-state index contributed by atoms with van der Waals surface area (Å²) in [6, 6.07) is 0.692. The zero-order valence-corrected chi connectivity index (χ0v) is 12.1. The van der Waals surface area contributed by atoms with Gasteiger partial charge in [0, 0.05) is 37.9 Å². The maximum absolute atomic E-state index is 5.43. The summed E-state index contributed by atoms with van der Waals surface area (Å²) in [5.74, 6) is 0. The summed E-state index contributed by atoms with van der Waals surface area (Å²) in [5.41, 5.74) is 0.288. The lowest BCUT2D eigenvalue weighted by molar-refractivity contribution is 0.115. The molecule has 2 unspecified atom stereocenters. The van der Waals surface area contributed by atoms with Crippen LogP contribution in [-0.2, 0) is 4.74 Å². The van der Waals surface area contributed by atoms with E-state index in [1.54, 1.807) is 0 Å². The molecular weight excluding hydrogens is 212 g/mol. The summed E-state index contributed by atoms with van der Waals surface area (Å²) >= 11 is 0. The Bertz CT molecular complexity index is 210. The second-order valence-electron chi connectivity index (χ2n) is 5.50. The van der Waals surface area contributed by atoms with E-state index in [0.717, 1.165) is 32.7 Å². The fourth-order valence-corrected chi connectivity index (χ4v) is 2.48. The first-order valence-electron chi connectivity index (χ1n) is 7.18. The minimum Gasteiger partial charge on any atom is -0.382 e. The van der Waals surface area contributed by atoms with E-state index in [9.17, 15) is 0 Å². The van der Waals surface area contributed by atoms with Crippen molar-refractivity contribution >= 4 is 0 Å². The Labute approximate surface area is 107 Å². The molecule has 0 aromatic carbocycles. The largest absolute Gasteiger partial charge is 0.382 e. The molecule has 1 rings (SSSR count). The first-order chi connectivity index (χ1) is 8.11. The van der Waals surface area contributed by atoms with Crippen LogP contribution >= 0.6 is 0 Å². The fourth-order valence-electron chi connectivity index (χ4n) is 2.48. The molecule has 0 aromatic heterocycles. The Morgan fingerprint density at radius 3 is 2.82 bits per heavy atom. The van der Waals surface area contributed by atoms with E-state index in [1.165, 1.54) is 19.4 Å². The van der Waals surface area contributed by atoms with Crippen molar-refractivity contribution in [3.8, 4) is 0 Å². The van der Waals surface area contributed by atoms with Crippen LogP contribution in [-0.4, -0.2) is 49.3 Å². The molecule has 0 aliphatic carbocycles. The monoisotopic (exact) mass is 242 g/mol. The minimum absolute atomic E-state index is 0.288. The van der Waals surface area contributed by atoms with Gasteiger partial charge in [-0.2, -0.15) is 0 Å². The van der Waals surface area contributed by atoms with E-state index in [2.05, 4.69) is 37.9 Å². The summed E-state index contributed by atoms with van der Waals surface area (Å²) in [6.45, 7) is 14.3. The summed E-state index contributed by atoms with van der Waals surface area (Å²) in [5, 5.41) is 3.70. The van der Waals surface area contributed by atoms with E-state index in [0.29, 0.717) is 6.04 Å². The molecule has 17 heavy (non-hydrogen) atoms. The van der Waals surface area contributed by atoms with Gasteiger partial charge in [0.15, 0.2) is 0 Å². The lowest BCUT2D eigenvalue weighted by Crippen LogP contribution is -2.49. The van der Waals surface area contributed by atoms with Gasteiger partial charge in [0.05, 0.1) is 0 Å². The molecule has 1 N–H and O–H groups in total. The van der Waals surface area contributed by atoms with Crippen LogP contribution in [0.2, 0.25) is 0 Å². The third kappa shape index (κ3) is 4.94. The molecule has 0 radical (unpaired) electrons. The Morgan fingerprint density at radius 2 is 2.18 bits per heavy atom. The molecule has 0 bridgehead atoms. The number of ether oxygens (including phenoxy) is 1. The predicted molar refractivity (Wildman–Crippen MR) is 73.5 cm³/mol. The summed E-state index contributed by atoms with van der Waals surface area (Å²) < 4.78 is 5.43. The maximum atomic E-state index is 5.43. The molecule has 1 aliphatic rings. The van der Waals surface area contributed by atoms with Crippen LogP contribution < -0.4 is 5.32 Å². The average molecular weight is 242 g/mol. The molecule has 3 nitrogen and oxygen atoms in total. The molecule has 1 fully saturated rings. The van der Waals surface area contributed by atoms with Crippen LogP contribution in [0.25, 0.3) is 0 Å². The van der Waals surface area contributed by atoms with Gasteiger partial charge >= 0.3 is 0 Å². The van der Waals surface area contributed by atoms with E-state index in [4.69, 9.17) is 4.74 Å². The summed E-state index contributed by atoms with van der Waals surface area (Å²) in [4.78, 5) is 2.63. The molecule has 0 amide bonds. The van der Waals surface area contributed by atoms with Crippen LogP contribution in [0, 0.1) is 0 Å². The van der Waals surface area contributed by atoms with Crippen LogP contribution in [0.15, 0.2) is 0 Å². The smallest absolute Gasteiger partial charge is 0.0478 e. The van der Waals surface area contributed by atoms with Crippen molar-refractivity contribution in [1.29, 1.82) is 0 Å². The molecule has 1 heterocycles. The van der Waals surface area contributed by atoms with E-state index in [-0.39, 0.29) is 5.54 Å². The van der Waals surface area contributed by atoms with Crippen molar-refractivity contribution in [2.45, 2.75) is 58.5 Å². The molecule has 0 saturated carbocycles. The van der Waals surface area contributed by atoms with Crippen molar-refractivity contribution in [3.05, 3.63) is 0 Å². The highest BCUT2D eigenvalue weighted by atomic mass is 16.5. The first-order valence-corrected chi connectivity index (χ1v) is 7.18. The number of nitrogens with zero attached hydrogens (tertiary/aromatic N) is 1. The van der Waals surface area contributed by atoms with Crippen molar-refractivity contribution in [1.82, 2.24) is 10.2 Å². The topological polar surface area (TPSA) is 24.5 Å². The fraction of sp³-hybridized carbons (Fsp3) is 1.00. The third-order valence-electron chi connectivity index (χ3n) is 4.01. The Balaban J connectivity index is 2.42. The van der Waals surface area contributed by atoms with Crippen LogP contribution in [0.4, 0.5) is 0 Å². The molecule has 1 aliphatic heterocycles. The van der Waals surface area contributed by atoms with Crippen molar-refractivity contribution in [2.75, 3.05) is 32.8 Å². The van der Waals surface area contributed by atoms with Gasteiger partial charge in [-0.05, 0) is 46.6 Å². The molecule has 3 heteroatoms. The second-order valence-corrected chi connectivity index (χ2v) is 5.50. The Morgan fingerprint density at radius 1 is 1.41 bits per heavy atom. The number of hydrogen-bond acceptors (Lipinski definition) is 3. The minimum atomic E-state index is 0.288. The summed E-state index contributed by atoms with van der Waals surface area (Å²) in [7, 11) is 0. The normalized spacial score (nSPS) is 31.4. The van der Waals surface area contributed by atoms with Crippen molar-refractivity contribution in [2.24, 2.45) is 0 Å². The summed E-state index contributed by atoms with van der Waals surface area (Å²) in [6.07, 6.45) is 3.60. The van der Waals surface area contributed by atoms with Gasteiger partial charge in [-0.1, -0.05) is 6.92 Å². The molecule has 0 aromatic rings. The molecule has 102 valence electrons. The molecule has 1 saturated heterocycles. The number of rotatable bonds is 6. The molecule has 0 spiro atoms. The van der Waals surface area contributed by atoms with E-state index in [1.807, 2.05) is 0 Å². The van der Waals surface area contributed by atoms with E-state index >= 15 is 0 Å². The standard InChI is InChI=1S/C14H30N2O/c1-5-14(4)12-16(10-7-11-17-6-2)13(3)8-9-15-14/h13,15H,5-12H2,1-4H3. The van der Waals surface area contributed by atoms with Gasteiger partial charge in [-0.3, -0.25) is 4.90 Å². The Kier molecular flexibility index (Phi) is 6.45. The SMILES string of the molecule is CCOCCCN1CC(C)(CC)NCCC1C. The van der Waals surface area contributed by atoms with Gasteiger partial charge in [-0.15, -0.1) is 0 Å². The highest BCUT2D eigenvalue weighted by molar-refractivity contribution is 4.90. The van der Waals surface area contributed by atoms with Crippen molar-refractivity contribution < 1.29 is 4.74 Å². The number of nitrogens with one attached hydrogen (secondary N) is 1. The number of hydrogen-bond donors (Lipinski definition) is 1. The first kappa shape index (κ1) is 14.9. The van der Waals surface area contributed by atoms with Gasteiger partial charge in [-0.25, -0.2) is 0 Å². The van der Waals surface area contributed by atoms with Gasteiger partial charge < -0.3 is 10.1 Å². The highest BCUT2D eigenvalue weighted by Crippen LogP contribution is 2.18. The maximum Gasteiger partial charge on any atom is 0.0478 e. The lowest BCUT2D eigenvalue weighted by atomic mass is 9.98. The van der Waals surface area contributed by atoms with Gasteiger partial charge in [0.2, 0.25) is 0 Å². The van der Waals surface area contributed by atoms with Crippen LogP contribution in [0.5, 0.6) is 0 Å². The van der Waals surface area contributed by atoms with E-state index < -0.39 is 0 Å². The zero-order valence-electron chi connectivity index (χ0n) is 12.1. The van der Waals surface area contributed by atoms with Gasteiger partial charge in [0.1, 0.15) is 0 Å². The second kappa shape index (κ2) is 7.34. The molecule has 2 atom stereocenters. The molecular formula is C14H30N2O. The predicted octanol–water partition coefficient (Wildman–Crippen LogP) is 2.27. The van der Waals surface area contributed by atoms with Gasteiger partial charge in [0.25, 0.3) is 0 Å². The third-order valence-corrected chi connectivity index (χ3v) is 4.01.